The highest BCUT2D eigenvalue weighted by Crippen LogP contribution is 2.21. The predicted octanol–water partition coefficient (Wildman–Crippen LogP) is 3.15. The molecule has 0 aliphatic carbocycles. The van der Waals surface area contributed by atoms with Crippen molar-refractivity contribution in [3.8, 4) is 0 Å². The third kappa shape index (κ3) is 6.27. The Labute approximate surface area is 183 Å². The lowest BCUT2D eigenvalue weighted by atomic mass is 10.1. The van der Waals surface area contributed by atoms with Crippen LogP contribution in [0, 0.1) is 0 Å². The molecule has 0 saturated heterocycles. The summed E-state index contributed by atoms with van der Waals surface area (Å²) in [5, 5.41) is 5.16. The van der Waals surface area contributed by atoms with Crippen LogP contribution in [-0.2, 0) is 27.9 Å². The fourth-order valence-electron chi connectivity index (χ4n) is 3.27. The molecule has 2 N–H and O–H groups in total. The van der Waals surface area contributed by atoms with Crippen LogP contribution in [0.1, 0.15) is 29.9 Å². The van der Waals surface area contributed by atoms with Crippen LogP contribution in [0.25, 0.3) is 0 Å². The van der Waals surface area contributed by atoms with Crippen molar-refractivity contribution >= 4 is 15.9 Å². The summed E-state index contributed by atoms with van der Waals surface area (Å²) in [5.41, 5.74) is 1.93. The van der Waals surface area contributed by atoms with Gasteiger partial charge in [0, 0.05) is 12.6 Å². The number of hydrogen-bond acceptors (Lipinski definition) is 5. The fraction of sp³-hybridized carbons (Fsp3) is 0.261. The van der Waals surface area contributed by atoms with Gasteiger partial charge in [-0.3, -0.25) is 9.69 Å². The summed E-state index contributed by atoms with van der Waals surface area (Å²) in [6.45, 7) is 3.02. The van der Waals surface area contributed by atoms with E-state index >= 15 is 0 Å². The minimum absolute atomic E-state index is 0.0317. The average Bonchev–Trinajstić information content (AvgIpc) is 3.26. The monoisotopic (exact) mass is 441 g/mol. The molecule has 1 atom stereocenters. The quantitative estimate of drug-likeness (QED) is 0.550. The molecule has 0 spiro atoms. The van der Waals surface area contributed by atoms with E-state index in [0.29, 0.717) is 13.1 Å². The molecule has 0 aliphatic rings. The molecular weight excluding hydrogens is 414 g/mol. The van der Waals surface area contributed by atoms with Gasteiger partial charge in [0.05, 0.1) is 24.2 Å². The van der Waals surface area contributed by atoms with Crippen LogP contribution in [-0.4, -0.2) is 37.7 Å². The van der Waals surface area contributed by atoms with Crippen LogP contribution < -0.4 is 5.14 Å². The number of sulfonamides is 1. The van der Waals surface area contributed by atoms with E-state index in [1.54, 1.807) is 29.4 Å². The molecule has 0 fully saturated rings. The van der Waals surface area contributed by atoms with Gasteiger partial charge in [-0.05, 0) is 49.4 Å². The van der Waals surface area contributed by atoms with Crippen LogP contribution in [0.5, 0.6) is 0 Å². The molecule has 1 unspecified atom stereocenters. The number of furan rings is 1. The highest BCUT2D eigenvalue weighted by atomic mass is 32.2. The summed E-state index contributed by atoms with van der Waals surface area (Å²) in [5.74, 6) is 0.689. The number of likely N-dealkylation sites (N-methyl/N-ethyl adjacent to an activating group) is 1. The first kappa shape index (κ1) is 22.7. The van der Waals surface area contributed by atoms with Gasteiger partial charge < -0.3 is 9.32 Å². The number of rotatable bonds is 9. The molecular formula is C23H27N3O4S. The standard InChI is InChI=1S/C23H27N3O4S/c1-18(20-10-12-22(13-11-20)31(24,28)29)25(2)17-23(27)26(16-21-9-6-14-30-21)15-19-7-4-3-5-8-19/h3-14,18H,15-17H2,1-2H3,(H2,24,28,29). The Morgan fingerprint density at radius 1 is 1.00 bits per heavy atom. The van der Waals surface area contributed by atoms with E-state index in [2.05, 4.69) is 0 Å². The van der Waals surface area contributed by atoms with E-state index < -0.39 is 10.0 Å². The lowest BCUT2D eigenvalue weighted by molar-refractivity contribution is -0.134. The maximum atomic E-state index is 13.2. The number of hydrogen-bond donors (Lipinski definition) is 1. The van der Waals surface area contributed by atoms with Crippen molar-refractivity contribution < 1.29 is 17.6 Å². The van der Waals surface area contributed by atoms with Gasteiger partial charge in [0.2, 0.25) is 15.9 Å². The van der Waals surface area contributed by atoms with Gasteiger partial charge >= 0.3 is 0 Å². The molecule has 0 radical (unpaired) electrons. The zero-order chi connectivity index (χ0) is 22.4. The van der Waals surface area contributed by atoms with Crippen LogP contribution >= 0.6 is 0 Å². The zero-order valence-corrected chi connectivity index (χ0v) is 18.5. The number of primary sulfonamides is 1. The van der Waals surface area contributed by atoms with Crippen LogP contribution in [0.4, 0.5) is 0 Å². The number of benzene rings is 2. The first-order valence-corrected chi connectivity index (χ1v) is 11.5. The van der Waals surface area contributed by atoms with E-state index in [1.807, 2.05) is 55.3 Å². The van der Waals surface area contributed by atoms with Crippen LogP contribution in [0.15, 0.2) is 82.3 Å². The van der Waals surface area contributed by atoms with Gasteiger partial charge in [-0.15, -0.1) is 0 Å². The number of carbonyl (C=O) groups is 1. The van der Waals surface area contributed by atoms with Crippen molar-refractivity contribution in [2.75, 3.05) is 13.6 Å². The number of carbonyl (C=O) groups excluding carboxylic acids is 1. The summed E-state index contributed by atoms with van der Waals surface area (Å²) in [6.07, 6.45) is 1.60. The zero-order valence-electron chi connectivity index (χ0n) is 17.6. The van der Waals surface area contributed by atoms with Gasteiger partial charge in [0.25, 0.3) is 0 Å². The van der Waals surface area contributed by atoms with Gasteiger partial charge in [-0.1, -0.05) is 42.5 Å². The van der Waals surface area contributed by atoms with Crippen LogP contribution in [0.2, 0.25) is 0 Å². The molecule has 3 aromatic rings. The third-order valence-corrected chi connectivity index (χ3v) is 6.16. The molecule has 0 bridgehead atoms. The van der Waals surface area contributed by atoms with Crippen molar-refractivity contribution in [2.45, 2.75) is 31.0 Å². The lowest BCUT2D eigenvalue weighted by Crippen LogP contribution is -2.39. The molecule has 1 aromatic heterocycles. The average molecular weight is 442 g/mol. The summed E-state index contributed by atoms with van der Waals surface area (Å²) < 4.78 is 28.4. The highest BCUT2D eigenvalue weighted by Gasteiger charge is 2.21. The van der Waals surface area contributed by atoms with Crippen molar-refractivity contribution in [3.05, 3.63) is 89.9 Å². The Kier molecular flexibility index (Phi) is 7.27. The summed E-state index contributed by atoms with van der Waals surface area (Å²) in [4.78, 5) is 16.9. The minimum Gasteiger partial charge on any atom is -0.467 e. The fourth-order valence-corrected chi connectivity index (χ4v) is 3.78. The van der Waals surface area contributed by atoms with E-state index in [1.165, 1.54) is 12.1 Å². The van der Waals surface area contributed by atoms with E-state index in [4.69, 9.17) is 9.56 Å². The highest BCUT2D eigenvalue weighted by molar-refractivity contribution is 7.89. The molecule has 8 heteroatoms. The first-order chi connectivity index (χ1) is 14.7. The Morgan fingerprint density at radius 2 is 1.68 bits per heavy atom. The Bertz CT molecular complexity index is 1080. The topological polar surface area (TPSA) is 96.8 Å². The SMILES string of the molecule is CC(c1ccc(S(N)(=O)=O)cc1)N(C)CC(=O)N(Cc1ccccc1)Cc1ccco1. The number of nitrogens with two attached hydrogens (primary N) is 1. The molecule has 164 valence electrons. The smallest absolute Gasteiger partial charge is 0.238 e. The van der Waals surface area contributed by atoms with Gasteiger partial charge in [0.15, 0.2) is 0 Å². The van der Waals surface area contributed by atoms with Crippen LogP contribution in [0.3, 0.4) is 0 Å². The second kappa shape index (κ2) is 9.91. The largest absolute Gasteiger partial charge is 0.467 e. The maximum Gasteiger partial charge on any atom is 0.238 e. The molecule has 0 aliphatic heterocycles. The molecule has 3 rings (SSSR count). The molecule has 0 saturated carbocycles. The van der Waals surface area contributed by atoms with Crippen molar-refractivity contribution in [1.29, 1.82) is 0 Å². The Balaban J connectivity index is 1.70. The molecule has 7 nitrogen and oxygen atoms in total. The molecule has 31 heavy (non-hydrogen) atoms. The van der Waals surface area contributed by atoms with Gasteiger partial charge in [-0.2, -0.15) is 0 Å². The van der Waals surface area contributed by atoms with Gasteiger partial charge in [-0.25, -0.2) is 13.6 Å². The van der Waals surface area contributed by atoms with E-state index in [9.17, 15) is 13.2 Å². The summed E-state index contributed by atoms with van der Waals surface area (Å²) in [6, 6.07) is 19.8. The van der Waals surface area contributed by atoms with Crippen molar-refractivity contribution in [1.82, 2.24) is 9.80 Å². The summed E-state index contributed by atoms with van der Waals surface area (Å²) >= 11 is 0. The normalized spacial score (nSPS) is 12.6. The van der Waals surface area contributed by atoms with Gasteiger partial charge in [0.1, 0.15) is 5.76 Å². The number of nitrogens with zero attached hydrogens (tertiary/aromatic N) is 2. The predicted molar refractivity (Wildman–Crippen MR) is 118 cm³/mol. The molecule has 1 amide bonds. The Hall–Kier alpha value is -2.94. The number of amides is 1. The third-order valence-electron chi connectivity index (χ3n) is 5.23. The first-order valence-electron chi connectivity index (χ1n) is 9.91. The van der Waals surface area contributed by atoms with Crippen molar-refractivity contribution in [3.63, 3.8) is 0 Å². The second-order valence-electron chi connectivity index (χ2n) is 7.52. The maximum absolute atomic E-state index is 13.2. The lowest BCUT2D eigenvalue weighted by Gasteiger charge is -2.28. The Morgan fingerprint density at radius 3 is 2.26 bits per heavy atom. The van der Waals surface area contributed by atoms with Crippen molar-refractivity contribution in [2.24, 2.45) is 5.14 Å². The van der Waals surface area contributed by atoms with E-state index in [0.717, 1.165) is 16.9 Å². The molecule has 1 heterocycles. The van der Waals surface area contributed by atoms with E-state index in [-0.39, 0.29) is 23.4 Å². The minimum atomic E-state index is -3.73. The molecule has 2 aromatic carbocycles. The second-order valence-corrected chi connectivity index (χ2v) is 9.08. The summed E-state index contributed by atoms with van der Waals surface area (Å²) in [7, 11) is -1.87.